The van der Waals surface area contributed by atoms with Crippen molar-refractivity contribution in [1.82, 2.24) is 5.32 Å². The van der Waals surface area contributed by atoms with Gasteiger partial charge in [-0.05, 0) is 49.9 Å². The van der Waals surface area contributed by atoms with Crippen LogP contribution in [0.5, 0.6) is 0 Å². The molecule has 1 aromatic heterocycles. The number of rotatable bonds is 4. The number of fused-ring (bicyclic) bond motifs is 1. The summed E-state index contributed by atoms with van der Waals surface area (Å²) >= 11 is 4.05. The first-order chi connectivity index (χ1) is 9.75. The molecule has 1 aliphatic rings. The van der Waals surface area contributed by atoms with Crippen molar-refractivity contribution >= 4 is 49.8 Å². The van der Waals surface area contributed by atoms with Crippen molar-refractivity contribution in [2.45, 2.75) is 19.3 Å². The van der Waals surface area contributed by atoms with E-state index >= 15 is 0 Å². The van der Waals surface area contributed by atoms with Crippen molar-refractivity contribution in [3.8, 4) is 0 Å². The average molecular weight is 399 g/mol. The summed E-state index contributed by atoms with van der Waals surface area (Å²) in [6.07, 6.45) is 2.95. The third-order valence-corrected chi connectivity index (χ3v) is 5.92. The molecule has 1 N–H and O–H groups in total. The Morgan fingerprint density at radius 1 is 1.30 bits per heavy atom. The van der Waals surface area contributed by atoms with E-state index in [9.17, 15) is 4.79 Å². The second-order valence-corrected chi connectivity index (χ2v) is 7.61. The molecule has 0 bridgehead atoms. The van der Waals surface area contributed by atoms with E-state index in [1.807, 2.05) is 12.1 Å². The van der Waals surface area contributed by atoms with E-state index in [-0.39, 0.29) is 5.41 Å². The van der Waals surface area contributed by atoms with Gasteiger partial charge in [-0.15, -0.1) is 11.3 Å². The van der Waals surface area contributed by atoms with Crippen LogP contribution in [0.3, 0.4) is 0 Å². The molecular weight excluding hydrogens is 381 g/mol. The van der Waals surface area contributed by atoms with Gasteiger partial charge in [-0.2, -0.15) is 0 Å². The fourth-order valence-electron chi connectivity index (χ4n) is 3.03. The highest BCUT2D eigenvalue weighted by molar-refractivity contribution is 14.1. The third-order valence-electron chi connectivity index (χ3n) is 4.26. The fraction of sp³-hybridized carbons (Fsp3) is 0.438. The minimum absolute atomic E-state index is 0.132. The molecule has 2 nitrogen and oxygen atoms in total. The Morgan fingerprint density at radius 2 is 2.05 bits per heavy atom. The predicted molar refractivity (Wildman–Crippen MR) is 94.2 cm³/mol. The normalized spacial score (nSPS) is 18.2. The van der Waals surface area contributed by atoms with Gasteiger partial charge in [-0.25, -0.2) is 0 Å². The SMILES string of the molecule is O=C(c1cc2ccccc2s1)C1(CCI)CCNCC1. The molecule has 4 heteroatoms. The fourth-order valence-corrected chi connectivity index (χ4v) is 5.19. The number of hydrogen-bond acceptors (Lipinski definition) is 3. The lowest BCUT2D eigenvalue weighted by molar-refractivity contribution is 0.0726. The Balaban J connectivity index is 1.96. The number of thiophene rings is 1. The lowest BCUT2D eigenvalue weighted by atomic mass is 9.73. The minimum Gasteiger partial charge on any atom is -0.317 e. The van der Waals surface area contributed by atoms with Gasteiger partial charge in [-0.3, -0.25) is 4.79 Å². The van der Waals surface area contributed by atoms with Crippen molar-refractivity contribution in [2.75, 3.05) is 17.5 Å². The lowest BCUT2D eigenvalue weighted by Crippen LogP contribution is -2.42. The zero-order chi connectivity index (χ0) is 14.0. The second-order valence-electron chi connectivity index (χ2n) is 5.45. The number of Topliss-reactive ketones (excluding diaryl/α,β-unsaturated/α-hetero) is 1. The van der Waals surface area contributed by atoms with Crippen molar-refractivity contribution in [3.63, 3.8) is 0 Å². The van der Waals surface area contributed by atoms with Gasteiger partial charge in [0.2, 0.25) is 0 Å². The number of benzene rings is 1. The van der Waals surface area contributed by atoms with E-state index in [2.05, 4.69) is 46.1 Å². The number of halogens is 1. The van der Waals surface area contributed by atoms with Gasteiger partial charge in [-0.1, -0.05) is 40.8 Å². The predicted octanol–water partition coefficient (Wildman–Crippen LogP) is 4.28. The molecule has 2 aromatic rings. The van der Waals surface area contributed by atoms with Crippen LogP contribution in [0.15, 0.2) is 30.3 Å². The summed E-state index contributed by atoms with van der Waals surface area (Å²) < 4.78 is 2.27. The van der Waals surface area contributed by atoms with Gasteiger partial charge in [0.15, 0.2) is 5.78 Å². The number of carbonyl (C=O) groups is 1. The monoisotopic (exact) mass is 399 g/mol. The van der Waals surface area contributed by atoms with Crippen LogP contribution in [0.4, 0.5) is 0 Å². The first kappa shape index (κ1) is 14.5. The summed E-state index contributed by atoms with van der Waals surface area (Å²) in [7, 11) is 0. The summed E-state index contributed by atoms with van der Waals surface area (Å²) in [4.78, 5) is 14.0. The van der Waals surface area contributed by atoms with Gasteiger partial charge >= 0.3 is 0 Å². The van der Waals surface area contributed by atoms with Gasteiger partial charge in [0, 0.05) is 14.5 Å². The molecular formula is C16H18INOS. The first-order valence-corrected chi connectivity index (χ1v) is 9.39. The number of hydrogen-bond donors (Lipinski definition) is 1. The van der Waals surface area contributed by atoms with Crippen LogP contribution in [0.2, 0.25) is 0 Å². The largest absolute Gasteiger partial charge is 0.317 e. The molecule has 0 radical (unpaired) electrons. The summed E-state index contributed by atoms with van der Waals surface area (Å²) in [6.45, 7) is 1.93. The molecule has 0 spiro atoms. The van der Waals surface area contributed by atoms with Crippen LogP contribution in [-0.2, 0) is 0 Å². The molecule has 20 heavy (non-hydrogen) atoms. The lowest BCUT2D eigenvalue weighted by Gasteiger charge is -2.35. The Labute approximate surface area is 137 Å². The van der Waals surface area contributed by atoms with Crippen molar-refractivity contribution in [1.29, 1.82) is 0 Å². The number of carbonyl (C=O) groups excluding carboxylic acids is 1. The number of piperidine rings is 1. The Morgan fingerprint density at radius 3 is 2.75 bits per heavy atom. The van der Waals surface area contributed by atoms with E-state index in [1.54, 1.807) is 11.3 Å². The van der Waals surface area contributed by atoms with Gasteiger partial charge < -0.3 is 5.32 Å². The number of alkyl halides is 1. The van der Waals surface area contributed by atoms with Crippen LogP contribution < -0.4 is 5.32 Å². The van der Waals surface area contributed by atoms with Crippen LogP contribution >= 0.6 is 33.9 Å². The van der Waals surface area contributed by atoms with E-state index in [0.717, 1.165) is 41.7 Å². The molecule has 0 unspecified atom stereocenters. The quantitative estimate of drug-likeness (QED) is 0.473. The third kappa shape index (κ3) is 2.65. The van der Waals surface area contributed by atoms with Gasteiger partial charge in [0.05, 0.1) is 4.88 Å². The molecule has 1 fully saturated rings. The molecule has 0 aliphatic carbocycles. The molecule has 3 rings (SSSR count). The molecule has 1 aliphatic heterocycles. The maximum Gasteiger partial charge on any atom is 0.179 e. The van der Waals surface area contributed by atoms with Crippen LogP contribution in [0, 0.1) is 5.41 Å². The smallest absolute Gasteiger partial charge is 0.179 e. The van der Waals surface area contributed by atoms with E-state index < -0.39 is 0 Å². The zero-order valence-electron chi connectivity index (χ0n) is 11.3. The molecule has 0 atom stereocenters. The topological polar surface area (TPSA) is 29.1 Å². The highest BCUT2D eigenvalue weighted by atomic mass is 127. The maximum atomic E-state index is 13.1. The Kier molecular flexibility index (Phi) is 4.43. The molecule has 1 aromatic carbocycles. The second kappa shape index (κ2) is 6.12. The molecule has 106 valence electrons. The average Bonchev–Trinajstić information content (AvgIpc) is 2.91. The zero-order valence-corrected chi connectivity index (χ0v) is 14.3. The van der Waals surface area contributed by atoms with Crippen molar-refractivity contribution in [2.24, 2.45) is 5.41 Å². The highest BCUT2D eigenvalue weighted by Gasteiger charge is 2.39. The maximum absolute atomic E-state index is 13.1. The molecule has 0 saturated carbocycles. The van der Waals surface area contributed by atoms with Crippen molar-refractivity contribution in [3.05, 3.63) is 35.2 Å². The standard InChI is InChI=1S/C16H18INOS/c17-8-5-16(6-9-18-10-7-16)15(19)14-11-12-3-1-2-4-13(12)20-14/h1-4,11,18H,5-10H2. The van der Waals surface area contributed by atoms with E-state index in [0.29, 0.717) is 5.78 Å². The van der Waals surface area contributed by atoms with Gasteiger partial charge in [0.1, 0.15) is 0 Å². The summed E-state index contributed by atoms with van der Waals surface area (Å²) in [5.74, 6) is 0.372. The number of ketones is 1. The summed E-state index contributed by atoms with van der Waals surface area (Å²) in [5.41, 5.74) is -0.132. The molecule has 2 heterocycles. The van der Waals surface area contributed by atoms with Gasteiger partial charge in [0.25, 0.3) is 0 Å². The van der Waals surface area contributed by atoms with Crippen LogP contribution in [0.25, 0.3) is 10.1 Å². The van der Waals surface area contributed by atoms with E-state index in [1.165, 1.54) is 10.1 Å². The molecule has 0 amide bonds. The van der Waals surface area contributed by atoms with Crippen LogP contribution in [0.1, 0.15) is 28.9 Å². The Bertz CT molecular complexity index is 577. The highest BCUT2D eigenvalue weighted by Crippen LogP contribution is 2.39. The summed E-state index contributed by atoms with van der Waals surface area (Å²) in [6, 6.07) is 10.4. The van der Waals surface area contributed by atoms with E-state index in [4.69, 9.17) is 0 Å². The van der Waals surface area contributed by atoms with Crippen LogP contribution in [-0.4, -0.2) is 23.3 Å². The first-order valence-electron chi connectivity index (χ1n) is 7.05. The Hall–Kier alpha value is -0.460. The van der Waals surface area contributed by atoms with Crippen molar-refractivity contribution < 1.29 is 4.79 Å². The summed E-state index contributed by atoms with van der Waals surface area (Å²) in [5, 5.41) is 4.57. The molecule has 1 saturated heterocycles. The number of nitrogens with one attached hydrogen (secondary N) is 1. The minimum atomic E-state index is -0.132.